The molecule has 1 aromatic rings. The van der Waals surface area contributed by atoms with Gasteiger partial charge in [0.05, 0.1) is 5.60 Å². The molecule has 2 atom stereocenters. The normalized spacial score (nSPS) is 23.7. The topological polar surface area (TPSA) is 32.3 Å². The van der Waals surface area contributed by atoms with Crippen molar-refractivity contribution < 1.29 is 13.9 Å². The van der Waals surface area contributed by atoms with Crippen molar-refractivity contribution >= 4 is 0 Å². The van der Waals surface area contributed by atoms with Crippen LogP contribution in [0.5, 0.6) is 0 Å². The van der Waals surface area contributed by atoms with E-state index in [0.29, 0.717) is 5.56 Å². The number of rotatable bonds is 3. The highest BCUT2D eigenvalue weighted by molar-refractivity contribution is 5.20. The summed E-state index contributed by atoms with van der Waals surface area (Å²) in [6.07, 6.45) is 2.17. The van der Waals surface area contributed by atoms with E-state index in [0.717, 1.165) is 32.0 Å². The van der Waals surface area contributed by atoms with Gasteiger partial charge in [-0.2, -0.15) is 0 Å². The summed E-state index contributed by atoms with van der Waals surface area (Å²) in [5.74, 6) is -1.06. The second-order valence-corrected chi connectivity index (χ2v) is 5.31. The maximum atomic E-state index is 13.6. The van der Waals surface area contributed by atoms with Gasteiger partial charge < -0.3 is 10.4 Å². The minimum Gasteiger partial charge on any atom is -0.389 e. The van der Waals surface area contributed by atoms with E-state index in [2.05, 4.69) is 5.32 Å². The first-order valence-electron chi connectivity index (χ1n) is 6.36. The lowest BCUT2D eigenvalue weighted by Crippen LogP contribution is -2.45. The van der Waals surface area contributed by atoms with Gasteiger partial charge in [0.25, 0.3) is 0 Å². The summed E-state index contributed by atoms with van der Waals surface area (Å²) >= 11 is 0. The SMILES string of the molecule is CC(O)(Cc1ccc(F)cc1F)C1CCCNC1. The average molecular weight is 255 g/mol. The zero-order chi connectivity index (χ0) is 13.2. The predicted octanol–water partition coefficient (Wildman–Crippen LogP) is 2.26. The number of aliphatic hydroxyl groups is 1. The Balaban J connectivity index is 2.10. The number of hydrogen-bond donors (Lipinski definition) is 2. The van der Waals surface area contributed by atoms with Crippen LogP contribution in [0.25, 0.3) is 0 Å². The molecule has 2 nitrogen and oxygen atoms in total. The molecule has 4 heteroatoms. The summed E-state index contributed by atoms with van der Waals surface area (Å²) in [5, 5.41) is 13.7. The van der Waals surface area contributed by atoms with Gasteiger partial charge in [0.15, 0.2) is 0 Å². The quantitative estimate of drug-likeness (QED) is 0.868. The maximum Gasteiger partial charge on any atom is 0.129 e. The predicted molar refractivity (Wildman–Crippen MR) is 66.3 cm³/mol. The zero-order valence-corrected chi connectivity index (χ0v) is 10.5. The van der Waals surface area contributed by atoms with Gasteiger partial charge in [-0.1, -0.05) is 6.07 Å². The summed E-state index contributed by atoms with van der Waals surface area (Å²) in [6.45, 7) is 3.45. The standard InChI is InChI=1S/C14H19F2NO/c1-14(18,11-3-2-6-17-9-11)8-10-4-5-12(15)7-13(10)16/h4-5,7,11,17-18H,2-3,6,8-9H2,1H3. The summed E-state index contributed by atoms with van der Waals surface area (Å²) < 4.78 is 26.4. The second kappa shape index (κ2) is 5.33. The molecule has 18 heavy (non-hydrogen) atoms. The molecule has 2 N–H and O–H groups in total. The van der Waals surface area contributed by atoms with Crippen molar-refractivity contribution in [3.05, 3.63) is 35.4 Å². The molecule has 1 heterocycles. The Morgan fingerprint density at radius 2 is 2.22 bits per heavy atom. The molecule has 2 unspecified atom stereocenters. The molecular weight excluding hydrogens is 236 g/mol. The van der Waals surface area contributed by atoms with Crippen molar-refractivity contribution in [3.8, 4) is 0 Å². The third-order valence-electron chi connectivity index (χ3n) is 3.74. The summed E-state index contributed by atoms with van der Waals surface area (Å²) in [7, 11) is 0. The van der Waals surface area contributed by atoms with Crippen LogP contribution in [0.15, 0.2) is 18.2 Å². The molecule has 0 aliphatic carbocycles. The maximum absolute atomic E-state index is 13.6. The van der Waals surface area contributed by atoms with Crippen molar-refractivity contribution in [2.45, 2.75) is 31.8 Å². The van der Waals surface area contributed by atoms with Crippen LogP contribution < -0.4 is 5.32 Å². The van der Waals surface area contributed by atoms with Crippen LogP contribution in [0.4, 0.5) is 8.78 Å². The van der Waals surface area contributed by atoms with E-state index in [1.807, 2.05) is 0 Å². The van der Waals surface area contributed by atoms with E-state index in [1.165, 1.54) is 12.1 Å². The van der Waals surface area contributed by atoms with Crippen LogP contribution in [0.3, 0.4) is 0 Å². The Morgan fingerprint density at radius 1 is 1.44 bits per heavy atom. The molecule has 0 amide bonds. The molecule has 1 aromatic carbocycles. The fourth-order valence-electron chi connectivity index (χ4n) is 2.58. The minimum atomic E-state index is -0.966. The highest BCUT2D eigenvalue weighted by Crippen LogP contribution is 2.28. The molecular formula is C14H19F2NO. The fourth-order valence-corrected chi connectivity index (χ4v) is 2.58. The average Bonchev–Trinajstić information content (AvgIpc) is 2.34. The molecule has 1 aliphatic rings. The summed E-state index contributed by atoms with van der Waals surface area (Å²) in [6, 6.07) is 3.51. The molecule has 0 saturated carbocycles. The number of piperidine rings is 1. The van der Waals surface area contributed by atoms with E-state index in [9.17, 15) is 13.9 Å². The van der Waals surface area contributed by atoms with E-state index in [1.54, 1.807) is 6.92 Å². The molecule has 2 rings (SSSR count). The van der Waals surface area contributed by atoms with Gasteiger partial charge in [0.2, 0.25) is 0 Å². The molecule has 100 valence electrons. The third-order valence-corrected chi connectivity index (χ3v) is 3.74. The van der Waals surface area contributed by atoms with Gasteiger partial charge >= 0.3 is 0 Å². The Kier molecular flexibility index (Phi) is 3.97. The Bertz CT molecular complexity index is 414. The van der Waals surface area contributed by atoms with Gasteiger partial charge in [0.1, 0.15) is 11.6 Å². The van der Waals surface area contributed by atoms with Crippen molar-refractivity contribution in [3.63, 3.8) is 0 Å². The van der Waals surface area contributed by atoms with Crippen molar-refractivity contribution in [2.75, 3.05) is 13.1 Å². The first-order chi connectivity index (χ1) is 8.49. The molecule has 0 aromatic heterocycles. The van der Waals surface area contributed by atoms with Gasteiger partial charge in [0, 0.05) is 24.9 Å². The summed E-state index contributed by atoms with van der Waals surface area (Å²) in [4.78, 5) is 0. The smallest absolute Gasteiger partial charge is 0.129 e. The highest BCUT2D eigenvalue weighted by Gasteiger charge is 2.33. The Labute approximate surface area is 106 Å². The van der Waals surface area contributed by atoms with Gasteiger partial charge in [-0.3, -0.25) is 0 Å². The van der Waals surface area contributed by atoms with E-state index >= 15 is 0 Å². The molecule has 1 saturated heterocycles. The lowest BCUT2D eigenvalue weighted by Gasteiger charge is -2.36. The third kappa shape index (κ3) is 3.06. The Morgan fingerprint density at radius 3 is 2.83 bits per heavy atom. The number of halogens is 2. The van der Waals surface area contributed by atoms with Crippen LogP contribution in [0.1, 0.15) is 25.3 Å². The zero-order valence-electron chi connectivity index (χ0n) is 10.5. The molecule has 0 spiro atoms. The van der Waals surface area contributed by atoms with Crippen LogP contribution in [-0.4, -0.2) is 23.8 Å². The van der Waals surface area contributed by atoms with Gasteiger partial charge in [-0.05, 0) is 37.9 Å². The molecule has 0 bridgehead atoms. The van der Waals surface area contributed by atoms with Crippen LogP contribution >= 0.6 is 0 Å². The van der Waals surface area contributed by atoms with Crippen LogP contribution in [0.2, 0.25) is 0 Å². The number of benzene rings is 1. The monoisotopic (exact) mass is 255 g/mol. The lowest BCUT2D eigenvalue weighted by molar-refractivity contribution is -0.0108. The van der Waals surface area contributed by atoms with Crippen LogP contribution in [-0.2, 0) is 6.42 Å². The number of hydrogen-bond acceptors (Lipinski definition) is 2. The first-order valence-corrected chi connectivity index (χ1v) is 6.36. The molecule has 0 radical (unpaired) electrons. The second-order valence-electron chi connectivity index (χ2n) is 5.31. The first kappa shape index (κ1) is 13.4. The molecule has 1 fully saturated rings. The molecule has 1 aliphatic heterocycles. The minimum absolute atomic E-state index is 0.107. The summed E-state index contributed by atoms with van der Waals surface area (Å²) in [5.41, 5.74) is -0.599. The number of nitrogens with one attached hydrogen (secondary N) is 1. The van der Waals surface area contributed by atoms with Crippen molar-refractivity contribution in [2.24, 2.45) is 5.92 Å². The lowest BCUT2D eigenvalue weighted by atomic mass is 9.79. The van der Waals surface area contributed by atoms with E-state index < -0.39 is 17.2 Å². The van der Waals surface area contributed by atoms with Crippen LogP contribution in [0, 0.1) is 17.6 Å². The van der Waals surface area contributed by atoms with Crippen molar-refractivity contribution in [1.29, 1.82) is 0 Å². The largest absolute Gasteiger partial charge is 0.389 e. The highest BCUT2D eigenvalue weighted by atomic mass is 19.1. The van der Waals surface area contributed by atoms with Gasteiger partial charge in [-0.15, -0.1) is 0 Å². The fraction of sp³-hybridized carbons (Fsp3) is 0.571. The van der Waals surface area contributed by atoms with Gasteiger partial charge in [-0.25, -0.2) is 8.78 Å². The Hall–Kier alpha value is -1.00. The van der Waals surface area contributed by atoms with E-state index in [4.69, 9.17) is 0 Å². The van der Waals surface area contributed by atoms with Crippen molar-refractivity contribution in [1.82, 2.24) is 5.32 Å². The van der Waals surface area contributed by atoms with E-state index in [-0.39, 0.29) is 12.3 Å².